The molecule has 0 saturated carbocycles. The molecule has 0 N–H and O–H groups in total. The molecule has 0 aromatic carbocycles. The fourth-order valence-electron chi connectivity index (χ4n) is 2.99. The van der Waals surface area contributed by atoms with E-state index in [9.17, 15) is 14.4 Å². The van der Waals surface area contributed by atoms with Gasteiger partial charge in [-0.3, -0.25) is 9.59 Å². The highest BCUT2D eigenvalue weighted by molar-refractivity contribution is 9.10. The molecule has 2 aliphatic rings. The molecule has 1 unspecified atom stereocenters. The number of halogens is 1. The number of Topliss-reactive ketones (excluding diaryl/α,β-unsaturated/α-hetero) is 1. The maximum absolute atomic E-state index is 12.8. The highest BCUT2D eigenvalue weighted by Gasteiger charge is 2.35. The van der Waals surface area contributed by atoms with Gasteiger partial charge in [0.2, 0.25) is 5.91 Å². The zero-order valence-corrected chi connectivity index (χ0v) is 16.6. The summed E-state index contributed by atoms with van der Waals surface area (Å²) in [5.74, 6) is -0.847. The van der Waals surface area contributed by atoms with E-state index in [1.807, 2.05) is 0 Å². The minimum Gasteiger partial charge on any atom is -0.442 e. The predicted octanol–water partition coefficient (Wildman–Crippen LogP) is 2.96. The second-order valence-corrected chi connectivity index (χ2v) is 8.17. The van der Waals surface area contributed by atoms with Crippen molar-refractivity contribution in [2.75, 3.05) is 13.1 Å². The number of amides is 1. The molecule has 9 heteroatoms. The minimum absolute atomic E-state index is 0.0496. The summed E-state index contributed by atoms with van der Waals surface area (Å²) in [5, 5.41) is 4.05. The molecule has 1 amide bonds. The number of carbonyl (C=O) groups excluding carboxylic acids is 3. The van der Waals surface area contributed by atoms with Crippen molar-refractivity contribution in [3.8, 4) is 0 Å². The van der Waals surface area contributed by atoms with Gasteiger partial charge in [-0.15, -0.1) is 4.68 Å². The van der Waals surface area contributed by atoms with Crippen LogP contribution in [-0.2, 0) is 9.53 Å². The van der Waals surface area contributed by atoms with Crippen LogP contribution in [0.4, 0.5) is 10.6 Å². The molecule has 8 nitrogen and oxygen atoms in total. The summed E-state index contributed by atoms with van der Waals surface area (Å²) in [7, 11) is 0. The molecule has 1 saturated heterocycles. The SMILES string of the molecule is CC(C)(C)OC(=O)n1nc(Br)c2c1N=CC(CC(=O)N1CCCC1)C2=O. The van der Waals surface area contributed by atoms with E-state index < -0.39 is 17.6 Å². The van der Waals surface area contributed by atoms with Gasteiger partial charge in [0, 0.05) is 25.7 Å². The van der Waals surface area contributed by atoms with Crippen LogP contribution in [0.2, 0.25) is 0 Å². The molecule has 140 valence electrons. The average molecular weight is 425 g/mol. The Kier molecular flexibility index (Phi) is 5.01. The fraction of sp³-hybridized carbons (Fsp3) is 0.588. The van der Waals surface area contributed by atoms with Gasteiger partial charge in [0.1, 0.15) is 10.2 Å². The summed E-state index contributed by atoms with van der Waals surface area (Å²) in [5.41, 5.74) is -0.493. The average Bonchev–Trinajstić information content (AvgIpc) is 3.16. The van der Waals surface area contributed by atoms with Crippen LogP contribution in [0.1, 0.15) is 50.4 Å². The number of fused-ring (bicyclic) bond motifs is 1. The van der Waals surface area contributed by atoms with Crippen LogP contribution in [0.15, 0.2) is 9.60 Å². The van der Waals surface area contributed by atoms with E-state index in [1.54, 1.807) is 25.7 Å². The van der Waals surface area contributed by atoms with E-state index in [0.717, 1.165) is 30.6 Å². The van der Waals surface area contributed by atoms with Gasteiger partial charge in [0.25, 0.3) is 0 Å². The predicted molar refractivity (Wildman–Crippen MR) is 98.0 cm³/mol. The lowest BCUT2D eigenvalue weighted by molar-refractivity contribution is -0.130. The number of carbonyl (C=O) groups is 3. The van der Waals surface area contributed by atoms with E-state index in [2.05, 4.69) is 26.0 Å². The third-order valence-corrected chi connectivity index (χ3v) is 4.75. The molecule has 0 aliphatic carbocycles. The molecule has 26 heavy (non-hydrogen) atoms. The number of ether oxygens (including phenoxy) is 1. The van der Waals surface area contributed by atoms with E-state index in [1.165, 1.54) is 6.21 Å². The maximum atomic E-state index is 12.8. The first-order valence-electron chi connectivity index (χ1n) is 8.55. The lowest BCUT2D eigenvalue weighted by Gasteiger charge is -2.21. The first kappa shape index (κ1) is 18.8. The number of hydrogen-bond donors (Lipinski definition) is 0. The van der Waals surface area contributed by atoms with Crippen LogP contribution >= 0.6 is 15.9 Å². The van der Waals surface area contributed by atoms with E-state index in [-0.39, 0.29) is 34.1 Å². The Morgan fingerprint density at radius 1 is 1.31 bits per heavy atom. The Hall–Kier alpha value is -2.03. The van der Waals surface area contributed by atoms with E-state index >= 15 is 0 Å². The van der Waals surface area contributed by atoms with Gasteiger partial charge in [-0.25, -0.2) is 9.79 Å². The summed E-state index contributed by atoms with van der Waals surface area (Å²) in [6.45, 7) is 6.70. The van der Waals surface area contributed by atoms with Crippen LogP contribution in [0.25, 0.3) is 0 Å². The van der Waals surface area contributed by atoms with Gasteiger partial charge in [-0.05, 0) is 49.5 Å². The van der Waals surface area contributed by atoms with Crippen LogP contribution in [0.5, 0.6) is 0 Å². The number of rotatable bonds is 2. The number of likely N-dealkylation sites (tertiary alicyclic amines) is 1. The Balaban J connectivity index is 1.81. The Morgan fingerprint density at radius 2 is 1.96 bits per heavy atom. The van der Waals surface area contributed by atoms with Crippen molar-refractivity contribution < 1.29 is 19.1 Å². The highest BCUT2D eigenvalue weighted by Crippen LogP contribution is 2.34. The summed E-state index contributed by atoms with van der Waals surface area (Å²) in [6, 6.07) is 0. The molecular weight excluding hydrogens is 404 g/mol. The monoisotopic (exact) mass is 424 g/mol. The van der Waals surface area contributed by atoms with Crippen LogP contribution < -0.4 is 0 Å². The molecule has 2 aliphatic heterocycles. The zero-order valence-electron chi connectivity index (χ0n) is 15.0. The van der Waals surface area contributed by atoms with Gasteiger partial charge in [0.15, 0.2) is 11.6 Å². The minimum atomic E-state index is -0.712. The lowest BCUT2D eigenvalue weighted by Crippen LogP contribution is -2.33. The lowest BCUT2D eigenvalue weighted by atomic mass is 9.94. The third-order valence-electron chi connectivity index (χ3n) is 4.20. The smallest absolute Gasteiger partial charge is 0.437 e. The van der Waals surface area contributed by atoms with Gasteiger partial charge in [-0.1, -0.05) is 0 Å². The van der Waals surface area contributed by atoms with E-state index in [4.69, 9.17) is 4.74 Å². The number of ketones is 1. The van der Waals surface area contributed by atoms with Crippen LogP contribution in [0, 0.1) is 5.92 Å². The second kappa shape index (κ2) is 6.94. The number of aromatic nitrogens is 2. The molecule has 1 atom stereocenters. The second-order valence-electron chi connectivity index (χ2n) is 7.42. The van der Waals surface area contributed by atoms with Crippen molar-refractivity contribution in [1.82, 2.24) is 14.7 Å². The molecular formula is C17H21BrN4O4. The largest absolute Gasteiger partial charge is 0.442 e. The molecule has 3 rings (SSSR count). The molecule has 1 fully saturated rings. The highest BCUT2D eigenvalue weighted by atomic mass is 79.9. The normalized spacial score (nSPS) is 19.6. The molecule has 0 bridgehead atoms. The van der Waals surface area contributed by atoms with Crippen molar-refractivity contribution >= 4 is 45.7 Å². The first-order chi connectivity index (χ1) is 12.2. The fourth-order valence-corrected chi connectivity index (χ4v) is 3.52. The van der Waals surface area contributed by atoms with Gasteiger partial charge in [0.05, 0.1) is 11.5 Å². The van der Waals surface area contributed by atoms with Crippen molar-refractivity contribution in [3.63, 3.8) is 0 Å². The zero-order chi connectivity index (χ0) is 19.1. The summed E-state index contributed by atoms with van der Waals surface area (Å²) in [6.07, 6.45) is 2.78. The molecule has 1 aromatic rings. The van der Waals surface area contributed by atoms with Crippen LogP contribution in [0.3, 0.4) is 0 Å². The van der Waals surface area contributed by atoms with Crippen molar-refractivity contribution in [1.29, 1.82) is 0 Å². The van der Waals surface area contributed by atoms with Gasteiger partial charge in [-0.2, -0.15) is 5.10 Å². The third kappa shape index (κ3) is 3.72. The molecule has 0 spiro atoms. The Bertz CT molecular complexity index is 787. The standard InChI is InChI=1S/C17H21BrN4O4/c1-17(2,3)26-16(25)22-15-12(14(18)20-22)13(24)10(9-19-15)8-11(23)21-6-4-5-7-21/h9-10H,4-8H2,1-3H3. The van der Waals surface area contributed by atoms with Crippen molar-refractivity contribution in [2.24, 2.45) is 10.9 Å². The number of hydrogen-bond acceptors (Lipinski definition) is 6. The maximum Gasteiger partial charge on any atom is 0.437 e. The molecule has 1 aromatic heterocycles. The van der Waals surface area contributed by atoms with Gasteiger partial charge < -0.3 is 9.64 Å². The Labute approximate surface area is 159 Å². The van der Waals surface area contributed by atoms with Gasteiger partial charge >= 0.3 is 6.09 Å². The number of nitrogens with zero attached hydrogens (tertiary/aromatic N) is 4. The number of aliphatic imine (C=N–C) groups is 1. The molecule has 0 radical (unpaired) electrons. The topological polar surface area (TPSA) is 93.9 Å². The quantitative estimate of drug-likeness (QED) is 0.726. The Morgan fingerprint density at radius 3 is 2.58 bits per heavy atom. The summed E-state index contributed by atoms with van der Waals surface area (Å²) < 4.78 is 6.48. The molecule has 3 heterocycles. The van der Waals surface area contributed by atoms with Crippen molar-refractivity contribution in [2.45, 2.75) is 45.6 Å². The first-order valence-corrected chi connectivity index (χ1v) is 9.35. The summed E-state index contributed by atoms with van der Waals surface area (Å²) in [4.78, 5) is 43.4. The van der Waals surface area contributed by atoms with Crippen LogP contribution in [-0.4, -0.2) is 57.4 Å². The van der Waals surface area contributed by atoms with E-state index in [0.29, 0.717) is 0 Å². The van der Waals surface area contributed by atoms with Crippen molar-refractivity contribution in [3.05, 3.63) is 10.2 Å². The summed E-state index contributed by atoms with van der Waals surface area (Å²) >= 11 is 3.22.